The van der Waals surface area contributed by atoms with Crippen LogP contribution in [-0.2, 0) is 55.4 Å². The normalized spacial score (nSPS) is 12.8. The number of aromatic nitrogens is 8. The number of pyridine rings is 2. The van der Waals surface area contributed by atoms with E-state index in [4.69, 9.17) is 5.73 Å². The van der Waals surface area contributed by atoms with Gasteiger partial charge in [-0.1, -0.05) is 6.92 Å². The first kappa shape index (κ1) is 50.2. The molecule has 0 aliphatic carbocycles. The van der Waals surface area contributed by atoms with Crippen LogP contribution in [0.1, 0.15) is 35.1 Å². The van der Waals surface area contributed by atoms with E-state index in [0.717, 1.165) is 14.8 Å². The smallest absolute Gasteiger partial charge is 0.408 e. The third-order valence-corrected chi connectivity index (χ3v) is 11.1. The Hall–Kier alpha value is -8.22. The fraction of sp³-hybridized carbons (Fsp3) is 0.295. The van der Waals surface area contributed by atoms with E-state index < -0.39 is 100 Å². The van der Waals surface area contributed by atoms with Crippen molar-refractivity contribution in [1.29, 1.82) is 0 Å². The Morgan fingerprint density at radius 1 is 0.768 bits per heavy atom. The molecule has 20 nitrogen and oxygen atoms in total. The van der Waals surface area contributed by atoms with E-state index in [1.54, 1.807) is 36.0 Å². The molecule has 25 heteroatoms. The molecule has 6 aromatic heterocycles. The van der Waals surface area contributed by atoms with Crippen molar-refractivity contribution in [1.82, 2.24) is 42.4 Å². The van der Waals surface area contributed by atoms with Gasteiger partial charge in [0.15, 0.2) is 0 Å². The molecule has 364 valence electrons. The number of amides is 1. The number of alkyl halides is 3. The predicted octanol–water partition coefficient (Wildman–Crippen LogP) is 2.30. The van der Waals surface area contributed by atoms with Gasteiger partial charge in [0, 0.05) is 106 Å². The number of ether oxygens (including phenoxy) is 1. The lowest BCUT2D eigenvalue weighted by atomic mass is 10.1. The fourth-order valence-electron chi connectivity index (χ4n) is 7.47. The minimum Gasteiger partial charge on any atom is -0.480 e. The number of benzene rings is 1. The molecule has 0 fully saturated rings. The summed E-state index contributed by atoms with van der Waals surface area (Å²) >= 11 is 0. The highest BCUT2D eigenvalue weighted by Crippen LogP contribution is 2.28. The van der Waals surface area contributed by atoms with Crippen LogP contribution in [0.4, 0.5) is 27.6 Å². The predicted molar refractivity (Wildman–Crippen MR) is 239 cm³/mol. The van der Waals surface area contributed by atoms with E-state index in [1.165, 1.54) is 85.6 Å². The summed E-state index contributed by atoms with van der Waals surface area (Å²) < 4.78 is 81.1. The number of fused-ring (bicyclic) bond motifs is 2. The Kier molecular flexibility index (Phi) is 14.5. The lowest BCUT2D eigenvalue weighted by molar-refractivity contribution is -0.143. The summed E-state index contributed by atoms with van der Waals surface area (Å²) in [6, 6.07) is 2.88. The highest BCUT2D eigenvalue weighted by atomic mass is 19.4. The molecule has 7 aromatic rings. The topological polar surface area (TPSA) is 253 Å². The number of imidazole rings is 2. The minimum atomic E-state index is -4.69. The molecular weight excluding hydrogens is 922 g/mol. The average molecular weight is 966 g/mol. The lowest BCUT2D eigenvalue weighted by Gasteiger charge is -2.22. The zero-order valence-corrected chi connectivity index (χ0v) is 37.5. The molecule has 1 amide bonds. The van der Waals surface area contributed by atoms with Crippen molar-refractivity contribution in [2.24, 2.45) is 33.9 Å². The van der Waals surface area contributed by atoms with Crippen LogP contribution in [-0.4, -0.2) is 91.4 Å². The van der Waals surface area contributed by atoms with E-state index in [1.807, 2.05) is 10.6 Å². The van der Waals surface area contributed by atoms with Crippen molar-refractivity contribution < 1.29 is 46.2 Å². The molecule has 0 saturated heterocycles. The summed E-state index contributed by atoms with van der Waals surface area (Å²) in [5, 5.41) is 13.8. The maximum absolute atomic E-state index is 14.7. The van der Waals surface area contributed by atoms with Gasteiger partial charge >= 0.3 is 29.5 Å². The molecule has 69 heavy (non-hydrogen) atoms. The first-order valence-electron chi connectivity index (χ1n) is 20.6. The van der Waals surface area contributed by atoms with Crippen molar-refractivity contribution in [3.05, 3.63) is 144 Å². The summed E-state index contributed by atoms with van der Waals surface area (Å²) in [5.41, 5.74) is 5.38. The quantitative estimate of drug-likeness (QED) is 0.0958. The number of aliphatic carboxylic acids is 1. The van der Waals surface area contributed by atoms with Crippen LogP contribution in [0.25, 0.3) is 33.5 Å². The molecular formula is C44H44F5N11O9. The van der Waals surface area contributed by atoms with Gasteiger partial charge in [-0.25, -0.2) is 33.1 Å². The number of carboxylic acid groups (broad SMARTS) is 1. The molecule has 0 aliphatic rings. The van der Waals surface area contributed by atoms with Gasteiger partial charge in [-0.05, 0) is 42.8 Å². The van der Waals surface area contributed by atoms with E-state index in [2.05, 4.69) is 14.7 Å². The van der Waals surface area contributed by atoms with Crippen LogP contribution < -0.4 is 38.9 Å². The van der Waals surface area contributed by atoms with Crippen LogP contribution in [0.5, 0.6) is 0 Å². The van der Waals surface area contributed by atoms with E-state index in [0.29, 0.717) is 34.5 Å². The fourth-order valence-corrected chi connectivity index (χ4v) is 7.47. The van der Waals surface area contributed by atoms with Gasteiger partial charge < -0.3 is 44.1 Å². The van der Waals surface area contributed by atoms with Gasteiger partial charge in [-0.2, -0.15) is 13.2 Å². The van der Waals surface area contributed by atoms with Gasteiger partial charge in [0.05, 0.1) is 18.2 Å². The van der Waals surface area contributed by atoms with Crippen molar-refractivity contribution in [3.8, 4) is 22.3 Å². The van der Waals surface area contributed by atoms with Crippen molar-refractivity contribution in [2.45, 2.75) is 50.5 Å². The third kappa shape index (κ3) is 10.2. The largest absolute Gasteiger partial charge is 0.480 e. The zero-order chi connectivity index (χ0) is 50.8. The standard InChI is InChI=1S/C27H25F5N6O5.C17H19N5O4/c1-4-20(27(30,31)32)34-13-9-17(28)21(18(29)10-13)23(39)35-19(25(41)42)11-14-5-6-15(22-33-7-8-38(14)22)16-12-36(2)26(43)37(3)24(16)40;1-20-9-12(15(23)21(2)17(20)25)11-5-4-10(8-13(18)16(24)26-3)22-7-6-19-14(11)22/h5-10,12,19-20,34H,4,11H2,1-3H3,(H,35,39)(H,41,42);4-7,9,13H,8,18H2,1-3H3/t19-,20+;13-/m00/s1. The highest BCUT2D eigenvalue weighted by molar-refractivity contribution is 5.97. The number of nitrogens with two attached hydrogens (primary N) is 1. The molecule has 0 bridgehead atoms. The Morgan fingerprint density at radius 2 is 1.23 bits per heavy atom. The molecule has 0 unspecified atom stereocenters. The number of methoxy groups -OCH3 is 1. The van der Waals surface area contributed by atoms with E-state index in [9.17, 15) is 60.6 Å². The van der Waals surface area contributed by atoms with Gasteiger partial charge in [0.25, 0.3) is 17.0 Å². The number of hydrogen-bond donors (Lipinski definition) is 4. The Balaban J connectivity index is 0.000000256. The minimum absolute atomic E-state index is 0.139. The second-order valence-electron chi connectivity index (χ2n) is 15.7. The summed E-state index contributed by atoms with van der Waals surface area (Å²) in [5.74, 6) is -6.49. The van der Waals surface area contributed by atoms with Crippen LogP contribution in [0.2, 0.25) is 0 Å². The van der Waals surface area contributed by atoms with Gasteiger partial charge in [-0.3, -0.25) is 28.3 Å². The van der Waals surface area contributed by atoms with Crippen LogP contribution in [0.3, 0.4) is 0 Å². The Bertz CT molecular complexity index is 3370. The Morgan fingerprint density at radius 3 is 1.65 bits per heavy atom. The number of esters is 1. The molecule has 0 radical (unpaired) electrons. The number of aryl methyl sites for hydroxylation is 2. The summed E-state index contributed by atoms with van der Waals surface area (Å²) in [6.07, 6.45) is 3.74. The third-order valence-electron chi connectivity index (χ3n) is 11.1. The number of carbonyl (C=O) groups excluding carboxylic acids is 2. The number of halogens is 5. The number of hydrogen-bond acceptors (Lipinski definition) is 12. The monoisotopic (exact) mass is 965 g/mol. The molecule has 7 rings (SSSR count). The molecule has 0 aliphatic heterocycles. The molecule has 3 atom stereocenters. The summed E-state index contributed by atoms with van der Waals surface area (Å²) in [7, 11) is 7.07. The number of carbonyl (C=O) groups is 3. The molecule has 6 heterocycles. The van der Waals surface area contributed by atoms with Gasteiger partial charge in [0.1, 0.15) is 46.6 Å². The highest BCUT2D eigenvalue weighted by Gasteiger charge is 2.38. The summed E-state index contributed by atoms with van der Waals surface area (Å²) in [4.78, 5) is 94.3. The van der Waals surface area contributed by atoms with Crippen LogP contribution in [0, 0.1) is 11.6 Å². The van der Waals surface area contributed by atoms with E-state index in [-0.39, 0.29) is 23.3 Å². The molecule has 1 aromatic carbocycles. The van der Waals surface area contributed by atoms with Crippen molar-refractivity contribution in [2.75, 3.05) is 12.4 Å². The zero-order valence-electron chi connectivity index (χ0n) is 37.5. The van der Waals surface area contributed by atoms with Gasteiger partial charge in [-0.15, -0.1) is 0 Å². The molecule has 0 saturated carbocycles. The second kappa shape index (κ2) is 19.9. The second-order valence-corrected chi connectivity index (χ2v) is 15.7. The van der Waals surface area contributed by atoms with Crippen LogP contribution >= 0.6 is 0 Å². The number of carboxylic acids is 1. The van der Waals surface area contributed by atoms with Crippen molar-refractivity contribution >= 4 is 34.8 Å². The number of nitrogens with zero attached hydrogens (tertiary/aromatic N) is 8. The first-order chi connectivity index (χ1) is 32.5. The van der Waals surface area contributed by atoms with Gasteiger partial charge in [0.2, 0.25) is 0 Å². The maximum atomic E-state index is 14.7. The van der Waals surface area contributed by atoms with Crippen LogP contribution in [0.15, 0.2) is 92.8 Å². The molecule has 5 N–H and O–H groups in total. The molecule has 0 spiro atoms. The number of rotatable bonds is 13. The summed E-state index contributed by atoms with van der Waals surface area (Å²) in [6.45, 7) is 1.23. The number of anilines is 1. The Labute approximate surface area is 385 Å². The SMILES string of the molecule is CC[C@@H](Nc1cc(F)c(C(=O)N[C@@H](Cc2ccc(-c3cn(C)c(=O)n(C)c3=O)c3nccn23)C(=O)O)c(F)c1)C(F)(F)F.COC(=O)[C@@H](N)Cc1ccc(-c2cn(C)c(=O)n(C)c2=O)c2nccn12. The van der Waals surface area contributed by atoms with Crippen molar-refractivity contribution in [3.63, 3.8) is 0 Å². The van der Waals surface area contributed by atoms with E-state index >= 15 is 0 Å². The number of nitrogens with one attached hydrogen (secondary N) is 2. The average Bonchev–Trinajstić information content (AvgIpc) is 4.01. The lowest BCUT2D eigenvalue weighted by Crippen LogP contribution is -2.43. The maximum Gasteiger partial charge on any atom is 0.408 e. The first-order valence-corrected chi connectivity index (χ1v) is 20.6.